The molecule has 0 aliphatic carbocycles. The van der Waals surface area contributed by atoms with E-state index >= 15 is 0 Å². The summed E-state index contributed by atoms with van der Waals surface area (Å²) in [4.78, 5) is 0. The van der Waals surface area contributed by atoms with Crippen LogP contribution in [-0.2, 0) is 16.1 Å². The van der Waals surface area contributed by atoms with Crippen LogP contribution in [0.3, 0.4) is 0 Å². The van der Waals surface area contributed by atoms with Crippen molar-refractivity contribution in [3.63, 3.8) is 0 Å². The maximum absolute atomic E-state index is 9.72. The second-order valence-corrected chi connectivity index (χ2v) is 11.1. The van der Waals surface area contributed by atoms with Crippen molar-refractivity contribution < 1.29 is 24.1 Å². The van der Waals surface area contributed by atoms with Gasteiger partial charge in [-0.15, -0.1) is 0 Å². The molecule has 0 amide bonds. The molecule has 1 heterocycles. The molecule has 0 saturated carbocycles. The van der Waals surface area contributed by atoms with Gasteiger partial charge in [-0.05, 0) is 88.8 Å². The lowest BCUT2D eigenvalue weighted by Crippen LogP contribution is -2.25. The highest BCUT2D eigenvalue weighted by Gasteiger charge is 2.14. The molecule has 1 fully saturated rings. The standard InChI is InChI=1S/C35H58O5/c1-3-4-5-6-7-8-9-10-11-12-13-14-15-16-17-18-25-39-34-27-32(29-36)28-35(31(34)2)40-26-20-19-24-38-33-22-21-23-37-30-33/h7-8,10-11,27-28,33,36H,3-6,9,12-26,29-30H2,1-2H3/b8-7-,11-10-. The predicted octanol–water partition coefficient (Wildman–Crippen LogP) is 9.03. The minimum Gasteiger partial charge on any atom is -0.493 e. The van der Waals surface area contributed by atoms with Crippen LogP contribution in [0.1, 0.15) is 121 Å². The van der Waals surface area contributed by atoms with Gasteiger partial charge >= 0.3 is 0 Å². The fourth-order valence-corrected chi connectivity index (χ4v) is 4.86. The third-order valence-corrected chi connectivity index (χ3v) is 7.43. The number of ether oxygens (including phenoxy) is 4. The zero-order valence-corrected chi connectivity index (χ0v) is 25.7. The molecule has 5 heteroatoms. The van der Waals surface area contributed by atoms with Crippen molar-refractivity contribution in [3.05, 3.63) is 47.6 Å². The van der Waals surface area contributed by atoms with Gasteiger partial charge in [0.15, 0.2) is 0 Å². The normalized spacial score (nSPS) is 15.8. The van der Waals surface area contributed by atoms with Gasteiger partial charge in [0.2, 0.25) is 0 Å². The first-order valence-electron chi connectivity index (χ1n) is 16.2. The molecule has 40 heavy (non-hydrogen) atoms. The summed E-state index contributed by atoms with van der Waals surface area (Å²) < 4.78 is 23.5. The van der Waals surface area contributed by atoms with Gasteiger partial charge in [-0.1, -0.05) is 69.8 Å². The van der Waals surface area contributed by atoms with Gasteiger partial charge in [0.25, 0.3) is 0 Å². The summed E-state index contributed by atoms with van der Waals surface area (Å²) in [5.74, 6) is 1.63. The molecule has 0 aromatic heterocycles. The third-order valence-electron chi connectivity index (χ3n) is 7.43. The predicted molar refractivity (Wildman–Crippen MR) is 166 cm³/mol. The summed E-state index contributed by atoms with van der Waals surface area (Å²) in [6, 6.07) is 3.87. The van der Waals surface area contributed by atoms with Gasteiger partial charge in [-0.3, -0.25) is 0 Å². The van der Waals surface area contributed by atoms with E-state index in [0.29, 0.717) is 13.2 Å². The minimum absolute atomic E-state index is 0.0186. The Bertz CT molecular complexity index is 797. The summed E-state index contributed by atoms with van der Waals surface area (Å²) in [5, 5.41) is 9.72. The molecule has 1 aromatic carbocycles. The second kappa shape index (κ2) is 23.8. The Morgan fingerprint density at radius 3 is 2.02 bits per heavy atom. The van der Waals surface area contributed by atoms with Crippen molar-refractivity contribution in [2.45, 2.75) is 129 Å². The molecule has 1 atom stereocenters. The largest absolute Gasteiger partial charge is 0.493 e. The number of benzene rings is 1. The first kappa shape index (κ1) is 34.4. The van der Waals surface area contributed by atoms with Gasteiger partial charge in [0, 0.05) is 18.8 Å². The summed E-state index contributed by atoms with van der Waals surface area (Å²) in [6.45, 7) is 7.94. The van der Waals surface area contributed by atoms with E-state index in [2.05, 4.69) is 31.2 Å². The van der Waals surface area contributed by atoms with E-state index < -0.39 is 0 Å². The average molecular weight is 559 g/mol. The van der Waals surface area contributed by atoms with Gasteiger partial charge in [-0.2, -0.15) is 0 Å². The molecule has 1 unspecified atom stereocenters. The van der Waals surface area contributed by atoms with Crippen LogP contribution in [0, 0.1) is 6.92 Å². The van der Waals surface area contributed by atoms with Crippen molar-refractivity contribution in [1.29, 1.82) is 0 Å². The maximum Gasteiger partial charge on any atom is 0.126 e. The highest BCUT2D eigenvalue weighted by Crippen LogP contribution is 2.30. The van der Waals surface area contributed by atoms with E-state index in [-0.39, 0.29) is 12.7 Å². The van der Waals surface area contributed by atoms with Crippen molar-refractivity contribution >= 4 is 0 Å². The lowest BCUT2D eigenvalue weighted by molar-refractivity contribution is -0.0510. The Kier molecular flexibility index (Phi) is 20.5. The number of rotatable bonds is 24. The van der Waals surface area contributed by atoms with E-state index in [4.69, 9.17) is 18.9 Å². The second-order valence-electron chi connectivity index (χ2n) is 11.1. The molecule has 5 nitrogen and oxygen atoms in total. The fraction of sp³-hybridized carbons (Fsp3) is 0.714. The van der Waals surface area contributed by atoms with Crippen molar-refractivity contribution in [1.82, 2.24) is 0 Å². The van der Waals surface area contributed by atoms with E-state index in [1.807, 2.05) is 19.1 Å². The van der Waals surface area contributed by atoms with Crippen LogP contribution in [0.4, 0.5) is 0 Å². The van der Waals surface area contributed by atoms with Crippen LogP contribution in [0.5, 0.6) is 11.5 Å². The maximum atomic E-state index is 9.72. The number of hydrogen-bond donors (Lipinski definition) is 1. The number of aliphatic hydroxyl groups is 1. The molecule has 1 aromatic rings. The van der Waals surface area contributed by atoms with Crippen LogP contribution in [0.25, 0.3) is 0 Å². The Balaban J connectivity index is 1.51. The van der Waals surface area contributed by atoms with Crippen molar-refractivity contribution in [2.75, 3.05) is 33.0 Å². The highest BCUT2D eigenvalue weighted by molar-refractivity contribution is 5.47. The quantitative estimate of drug-likeness (QED) is 0.101. The summed E-state index contributed by atoms with van der Waals surface area (Å²) in [7, 11) is 0. The van der Waals surface area contributed by atoms with Gasteiger partial charge in [-0.25, -0.2) is 0 Å². The smallest absolute Gasteiger partial charge is 0.126 e. The van der Waals surface area contributed by atoms with E-state index in [0.717, 1.165) is 81.0 Å². The molecule has 1 saturated heterocycles. The lowest BCUT2D eigenvalue weighted by Gasteiger charge is -2.22. The average Bonchev–Trinajstić information content (AvgIpc) is 2.98. The Hall–Kier alpha value is -1.82. The first-order chi connectivity index (χ1) is 19.7. The zero-order valence-electron chi connectivity index (χ0n) is 25.7. The molecule has 1 aliphatic heterocycles. The van der Waals surface area contributed by atoms with Crippen molar-refractivity contribution in [2.24, 2.45) is 0 Å². The summed E-state index contributed by atoms with van der Waals surface area (Å²) in [5.41, 5.74) is 1.83. The Labute approximate surface area is 245 Å². The fourth-order valence-electron chi connectivity index (χ4n) is 4.86. The monoisotopic (exact) mass is 558 g/mol. The Morgan fingerprint density at radius 1 is 0.800 bits per heavy atom. The van der Waals surface area contributed by atoms with E-state index in [1.54, 1.807) is 0 Å². The topological polar surface area (TPSA) is 57.2 Å². The van der Waals surface area contributed by atoms with Crippen LogP contribution in [0.15, 0.2) is 36.4 Å². The molecule has 228 valence electrons. The SMILES string of the molecule is CCCCC/C=C\C/C=C\CCCCCCCCOc1cc(CO)cc(OCCCCOC2CCCOC2)c1C. The first-order valence-corrected chi connectivity index (χ1v) is 16.2. The molecule has 0 spiro atoms. The summed E-state index contributed by atoms with van der Waals surface area (Å²) >= 11 is 0. The van der Waals surface area contributed by atoms with E-state index in [1.165, 1.54) is 64.2 Å². The third kappa shape index (κ3) is 16.4. The summed E-state index contributed by atoms with van der Waals surface area (Å²) in [6.07, 6.45) is 28.5. The number of unbranched alkanes of at least 4 members (excludes halogenated alkanes) is 10. The number of allylic oxidation sites excluding steroid dienone is 4. The molecule has 2 rings (SSSR count). The van der Waals surface area contributed by atoms with Crippen LogP contribution in [-0.4, -0.2) is 44.2 Å². The lowest BCUT2D eigenvalue weighted by atomic mass is 10.1. The molecular weight excluding hydrogens is 500 g/mol. The van der Waals surface area contributed by atoms with E-state index in [9.17, 15) is 5.11 Å². The van der Waals surface area contributed by atoms with Gasteiger partial charge < -0.3 is 24.1 Å². The van der Waals surface area contributed by atoms with Crippen LogP contribution in [0.2, 0.25) is 0 Å². The zero-order chi connectivity index (χ0) is 28.5. The molecule has 1 N–H and O–H groups in total. The Morgan fingerprint density at radius 2 is 1.40 bits per heavy atom. The van der Waals surface area contributed by atoms with Gasteiger partial charge in [0.1, 0.15) is 11.5 Å². The van der Waals surface area contributed by atoms with Crippen LogP contribution < -0.4 is 9.47 Å². The molecule has 0 radical (unpaired) electrons. The van der Waals surface area contributed by atoms with Crippen LogP contribution >= 0.6 is 0 Å². The molecule has 0 bridgehead atoms. The minimum atomic E-state index is -0.0186. The highest BCUT2D eigenvalue weighted by atomic mass is 16.5. The number of hydrogen-bond acceptors (Lipinski definition) is 5. The molecule has 1 aliphatic rings. The molecular formula is C35H58O5. The van der Waals surface area contributed by atoms with Crippen molar-refractivity contribution in [3.8, 4) is 11.5 Å². The van der Waals surface area contributed by atoms with Gasteiger partial charge in [0.05, 0.1) is 32.5 Å². The number of aliphatic hydroxyl groups excluding tert-OH is 1.